The molecule has 0 spiro atoms. The standard InChI is InChI=1S/C22H27N3O5/c1-23(2)18-9-6-16(7-10-18)14-24(15-19-5-4-12-30-19)22(26)17-8-11-21(29-3)20(13-17)25(27)28/h6-11,13,19H,4-5,12,14-15H2,1-3H3. The summed E-state index contributed by atoms with van der Waals surface area (Å²) in [6.07, 6.45) is 1.84. The molecule has 1 fully saturated rings. The number of nitro groups is 1. The number of carbonyl (C=O) groups excluding carboxylic acids is 1. The van der Waals surface area contributed by atoms with Crippen molar-refractivity contribution in [3.8, 4) is 5.75 Å². The Morgan fingerprint density at radius 3 is 2.53 bits per heavy atom. The van der Waals surface area contributed by atoms with Gasteiger partial charge in [-0.25, -0.2) is 0 Å². The van der Waals surface area contributed by atoms with Crippen LogP contribution in [0.15, 0.2) is 42.5 Å². The van der Waals surface area contributed by atoms with Gasteiger partial charge in [0.15, 0.2) is 5.75 Å². The average Bonchev–Trinajstić information content (AvgIpc) is 3.25. The van der Waals surface area contributed by atoms with Gasteiger partial charge < -0.3 is 19.3 Å². The van der Waals surface area contributed by atoms with E-state index in [2.05, 4.69) is 0 Å². The molecule has 8 nitrogen and oxygen atoms in total. The summed E-state index contributed by atoms with van der Waals surface area (Å²) >= 11 is 0. The van der Waals surface area contributed by atoms with Crippen LogP contribution in [-0.2, 0) is 11.3 Å². The number of anilines is 1. The van der Waals surface area contributed by atoms with E-state index in [1.165, 1.54) is 19.2 Å². The van der Waals surface area contributed by atoms with Gasteiger partial charge in [0.1, 0.15) is 0 Å². The van der Waals surface area contributed by atoms with Crippen molar-refractivity contribution in [2.24, 2.45) is 0 Å². The number of benzene rings is 2. The van der Waals surface area contributed by atoms with E-state index in [-0.39, 0.29) is 29.0 Å². The molecular formula is C22H27N3O5. The van der Waals surface area contributed by atoms with E-state index in [0.717, 1.165) is 24.1 Å². The fraction of sp³-hybridized carbons (Fsp3) is 0.409. The fourth-order valence-corrected chi connectivity index (χ4v) is 3.52. The van der Waals surface area contributed by atoms with Crippen molar-refractivity contribution in [3.63, 3.8) is 0 Å². The monoisotopic (exact) mass is 413 g/mol. The molecule has 0 N–H and O–H groups in total. The number of hydrogen-bond acceptors (Lipinski definition) is 6. The lowest BCUT2D eigenvalue weighted by atomic mass is 10.1. The van der Waals surface area contributed by atoms with Crippen molar-refractivity contribution in [2.75, 3.05) is 39.3 Å². The van der Waals surface area contributed by atoms with Crippen LogP contribution in [0.4, 0.5) is 11.4 Å². The molecule has 0 bridgehead atoms. The Morgan fingerprint density at radius 2 is 1.97 bits per heavy atom. The number of ether oxygens (including phenoxy) is 2. The summed E-state index contributed by atoms with van der Waals surface area (Å²) in [7, 11) is 5.31. The SMILES string of the molecule is COc1ccc(C(=O)N(Cc2ccc(N(C)C)cc2)CC2CCCO2)cc1[N+](=O)[O-]. The van der Waals surface area contributed by atoms with Gasteiger partial charge in [0.05, 0.1) is 18.1 Å². The zero-order valence-electron chi connectivity index (χ0n) is 17.5. The first-order chi connectivity index (χ1) is 14.4. The summed E-state index contributed by atoms with van der Waals surface area (Å²) in [4.78, 5) is 27.8. The first-order valence-electron chi connectivity index (χ1n) is 9.88. The molecule has 0 radical (unpaired) electrons. The highest BCUT2D eigenvalue weighted by Gasteiger charge is 2.26. The molecule has 160 valence electrons. The minimum Gasteiger partial charge on any atom is -0.490 e. The van der Waals surface area contributed by atoms with Gasteiger partial charge in [-0.1, -0.05) is 12.1 Å². The van der Waals surface area contributed by atoms with Crippen LogP contribution >= 0.6 is 0 Å². The summed E-state index contributed by atoms with van der Waals surface area (Å²) < 4.78 is 10.8. The summed E-state index contributed by atoms with van der Waals surface area (Å²) in [6, 6.07) is 12.3. The summed E-state index contributed by atoms with van der Waals surface area (Å²) in [5.74, 6) is -0.144. The number of carbonyl (C=O) groups is 1. The molecule has 1 atom stereocenters. The average molecular weight is 413 g/mol. The van der Waals surface area contributed by atoms with Crippen molar-refractivity contribution in [3.05, 3.63) is 63.7 Å². The lowest BCUT2D eigenvalue weighted by molar-refractivity contribution is -0.385. The van der Waals surface area contributed by atoms with Gasteiger partial charge >= 0.3 is 5.69 Å². The molecule has 1 saturated heterocycles. The van der Waals surface area contributed by atoms with Gasteiger partial charge in [-0.05, 0) is 42.7 Å². The Kier molecular flexibility index (Phi) is 6.89. The predicted molar refractivity (Wildman–Crippen MR) is 114 cm³/mol. The normalized spacial score (nSPS) is 15.6. The van der Waals surface area contributed by atoms with Crippen LogP contribution in [-0.4, -0.2) is 56.2 Å². The molecule has 30 heavy (non-hydrogen) atoms. The Balaban J connectivity index is 1.86. The number of nitro benzene ring substituents is 1. The Bertz CT molecular complexity index is 892. The highest BCUT2D eigenvalue weighted by molar-refractivity contribution is 5.95. The third kappa shape index (κ3) is 5.07. The maximum absolute atomic E-state index is 13.3. The molecule has 8 heteroatoms. The minimum atomic E-state index is -0.542. The molecular weight excluding hydrogens is 386 g/mol. The first-order valence-corrected chi connectivity index (χ1v) is 9.88. The van der Waals surface area contributed by atoms with Crippen LogP contribution in [0, 0.1) is 10.1 Å². The van der Waals surface area contributed by atoms with Crippen LogP contribution in [0.1, 0.15) is 28.8 Å². The third-order valence-corrected chi connectivity index (χ3v) is 5.18. The summed E-state index contributed by atoms with van der Waals surface area (Å²) in [5, 5.41) is 11.4. The second-order valence-corrected chi connectivity index (χ2v) is 7.53. The van der Waals surface area contributed by atoms with Gasteiger partial charge in [-0.2, -0.15) is 0 Å². The third-order valence-electron chi connectivity index (χ3n) is 5.18. The molecule has 0 aromatic heterocycles. The van der Waals surface area contributed by atoms with Crippen molar-refractivity contribution >= 4 is 17.3 Å². The van der Waals surface area contributed by atoms with Crippen LogP contribution < -0.4 is 9.64 Å². The maximum Gasteiger partial charge on any atom is 0.311 e. The van der Waals surface area contributed by atoms with E-state index in [1.807, 2.05) is 43.3 Å². The molecule has 2 aromatic carbocycles. The zero-order valence-corrected chi connectivity index (χ0v) is 17.5. The lowest BCUT2D eigenvalue weighted by Gasteiger charge is -2.26. The van der Waals surface area contributed by atoms with E-state index in [1.54, 1.807) is 11.0 Å². The number of hydrogen-bond donors (Lipinski definition) is 0. The van der Waals surface area contributed by atoms with Gasteiger partial charge in [-0.3, -0.25) is 14.9 Å². The van der Waals surface area contributed by atoms with E-state index in [9.17, 15) is 14.9 Å². The molecule has 1 amide bonds. The highest BCUT2D eigenvalue weighted by atomic mass is 16.6. The molecule has 0 saturated carbocycles. The smallest absolute Gasteiger partial charge is 0.311 e. The van der Waals surface area contributed by atoms with E-state index >= 15 is 0 Å². The van der Waals surface area contributed by atoms with Crippen molar-refractivity contribution in [1.29, 1.82) is 0 Å². The second-order valence-electron chi connectivity index (χ2n) is 7.53. The quantitative estimate of drug-likeness (QED) is 0.486. The number of methoxy groups -OCH3 is 1. The Hall–Kier alpha value is -3.13. The van der Waals surface area contributed by atoms with Crippen molar-refractivity contribution < 1.29 is 19.2 Å². The second kappa shape index (κ2) is 9.58. The maximum atomic E-state index is 13.3. The van der Waals surface area contributed by atoms with Gasteiger partial charge in [0.25, 0.3) is 5.91 Å². The van der Waals surface area contributed by atoms with Gasteiger partial charge in [-0.15, -0.1) is 0 Å². The van der Waals surface area contributed by atoms with Crippen molar-refractivity contribution in [2.45, 2.75) is 25.5 Å². The van der Waals surface area contributed by atoms with Crippen LogP contribution in [0.25, 0.3) is 0 Å². The molecule has 1 unspecified atom stereocenters. The van der Waals surface area contributed by atoms with Crippen molar-refractivity contribution in [1.82, 2.24) is 4.90 Å². The van der Waals surface area contributed by atoms with Crippen LogP contribution in [0.2, 0.25) is 0 Å². The molecule has 1 aliphatic heterocycles. The number of rotatable bonds is 8. The topological polar surface area (TPSA) is 85.2 Å². The van der Waals surface area contributed by atoms with Crippen LogP contribution in [0.5, 0.6) is 5.75 Å². The molecule has 3 rings (SSSR count). The molecule has 0 aliphatic carbocycles. The highest BCUT2D eigenvalue weighted by Crippen LogP contribution is 2.28. The Morgan fingerprint density at radius 1 is 1.23 bits per heavy atom. The van der Waals surface area contributed by atoms with Gasteiger partial charge in [0.2, 0.25) is 0 Å². The number of nitrogens with zero attached hydrogens (tertiary/aromatic N) is 3. The summed E-state index contributed by atoms with van der Waals surface area (Å²) in [6.45, 7) is 1.53. The number of amides is 1. The fourth-order valence-electron chi connectivity index (χ4n) is 3.52. The minimum absolute atomic E-state index is 0.0248. The van der Waals surface area contributed by atoms with E-state index in [4.69, 9.17) is 9.47 Å². The van der Waals surface area contributed by atoms with E-state index < -0.39 is 4.92 Å². The Labute approximate surface area is 176 Å². The lowest BCUT2D eigenvalue weighted by Crippen LogP contribution is -2.37. The van der Waals surface area contributed by atoms with Gasteiger partial charge in [0, 0.05) is 51.1 Å². The molecule has 1 heterocycles. The molecule has 2 aromatic rings. The first kappa shape index (κ1) is 21.6. The largest absolute Gasteiger partial charge is 0.490 e. The predicted octanol–water partition coefficient (Wildman–Crippen LogP) is 3.49. The zero-order chi connectivity index (χ0) is 21.7. The van der Waals surface area contributed by atoms with E-state index in [0.29, 0.717) is 19.7 Å². The van der Waals surface area contributed by atoms with Crippen LogP contribution in [0.3, 0.4) is 0 Å². The molecule has 1 aliphatic rings. The summed E-state index contributed by atoms with van der Waals surface area (Å²) in [5.41, 5.74) is 2.08.